The number of rotatable bonds is 17. The molecule has 28 heteroatoms. The van der Waals surface area contributed by atoms with E-state index in [0.717, 1.165) is 18.4 Å². The van der Waals surface area contributed by atoms with Crippen LogP contribution in [0, 0.1) is 40.4 Å². The van der Waals surface area contributed by atoms with Crippen LogP contribution >= 0.6 is 0 Å². The van der Waals surface area contributed by atoms with E-state index >= 15 is 0 Å². The van der Waals surface area contributed by atoms with E-state index in [1.807, 2.05) is 0 Å². The summed E-state index contributed by atoms with van der Waals surface area (Å²) in [4.78, 5) is 0. The molecule has 0 radical (unpaired) electrons. The zero-order valence-corrected chi connectivity index (χ0v) is 49.0. The van der Waals surface area contributed by atoms with Gasteiger partial charge in [0.1, 0.15) is 91.6 Å². The zero-order chi connectivity index (χ0) is 60.7. The van der Waals surface area contributed by atoms with E-state index in [1.54, 1.807) is 6.92 Å². The van der Waals surface area contributed by atoms with Gasteiger partial charge in [-0.3, -0.25) is 4.55 Å². The predicted molar refractivity (Wildman–Crippen MR) is 281 cm³/mol. The molecule has 0 spiro atoms. The smallest absolute Gasteiger partial charge is 0.390 e. The summed E-state index contributed by atoms with van der Waals surface area (Å²) in [6.07, 6.45) is -33.9. The number of hydrogen-bond acceptors (Lipinski definition) is 26. The monoisotopic (exact) mass is 1220 g/mol. The van der Waals surface area contributed by atoms with Gasteiger partial charge in [0.05, 0.1) is 55.4 Å². The summed E-state index contributed by atoms with van der Waals surface area (Å²) in [5.74, 6) is -0.559. The van der Waals surface area contributed by atoms with Gasteiger partial charge in [-0.1, -0.05) is 39.3 Å². The van der Waals surface area contributed by atoms with E-state index in [-0.39, 0.29) is 30.6 Å². The lowest BCUT2D eigenvalue weighted by molar-refractivity contribution is -0.394. The van der Waals surface area contributed by atoms with Crippen LogP contribution in [0.15, 0.2) is 11.6 Å². The molecule has 14 N–H and O–H groups in total. The molecule has 5 heterocycles. The average molecular weight is 1220 g/mol. The minimum Gasteiger partial charge on any atom is -0.390 e. The molecule has 0 aromatic rings. The van der Waals surface area contributed by atoms with Gasteiger partial charge in [-0.2, -0.15) is 8.42 Å². The number of ether oxygens (including phenoxy) is 10. The van der Waals surface area contributed by atoms with Crippen LogP contribution in [-0.2, 0) is 62.0 Å². The van der Waals surface area contributed by atoms with Gasteiger partial charge in [-0.05, 0) is 126 Å². The first-order valence-electron chi connectivity index (χ1n) is 29.5. The zero-order valence-electron chi connectivity index (χ0n) is 48.2. The van der Waals surface area contributed by atoms with E-state index in [2.05, 4.69) is 33.8 Å². The Labute approximate surface area is 483 Å². The van der Waals surface area contributed by atoms with E-state index in [9.17, 15) is 79.4 Å². The first-order chi connectivity index (χ1) is 38.8. The second-order valence-corrected chi connectivity index (χ2v) is 27.3. The van der Waals surface area contributed by atoms with Gasteiger partial charge < -0.3 is 114 Å². The standard InChI is InChI=1S/C55H92O27S/c1-21(2)9-12-34(57)55(8,68)33-11-10-27-26-18-31(29-17-25(82-83(69,70)71)13-15-53(29,6)28(26)14-16-54(27,33)7)77-50-44(67)45(37(60)24(5)76-50)79-52-47(81-49-43(66)41(64)36(59)23(4)75-49)39(62)32(20-73-52)78-51-46(38(61)30(56)19-72-51)80-48-42(65)40(63)35(58)22(3)74-48/h14,21-27,29-52,56-68H,9-13,15-20H2,1-8H3,(H,69,70,71)/t22-,23-,24-,25+,26+,27+,29-,30-,31+,32-,33+,34+,35-,36+,37-,38+,39+,40+,41+,42-,43-,44-,45+,46-,47-,48+,49+,50+,51+,52+,53-,54+,55-/m1/s1. The number of allylic oxidation sites excluding steroid dienone is 2. The first kappa shape index (κ1) is 66.1. The van der Waals surface area contributed by atoms with Crippen molar-refractivity contribution < 1.29 is 131 Å². The first-order valence-corrected chi connectivity index (χ1v) is 30.9. The highest BCUT2D eigenvalue weighted by atomic mass is 32.3. The van der Waals surface area contributed by atoms with Gasteiger partial charge in [-0.25, -0.2) is 4.18 Å². The Balaban J connectivity index is 0.973. The van der Waals surface area contributed by atoms with Crippen molar-refractivity contribution >= 4 is 10.4 Å². The van der Waals surface area contributed by atoms with Crippen molar-refractivity contribution in [2.24, 2.45) is 40.4 Å². The summed E-state index contributed by atoms with van der Waals surface area (Å²) in [7, 11) is -4.87. The summed E-state index contributed by atoms with van der Waals surface area (Å²) in [5.41, 5.74) is -1.33. The Morgan fingerprint density at radius 2 is 1.14 bits per heavy atom. The van der Waals surface area contributed by atoms with Gasteiger partial charge in [0.15, 0.2) is 31.5 Å². The van der Waals surface area contributed by atoms with Crippen molar-refractivity contribution in [3.63, 3.8) is 0 Å². The van der Waals surface area contributed by atoms with Crippen molar-refractivity contribution in [3.8, 4) is 0 Å². The quantitative estimate of drug-likeness (QED) is 0.0541. The highest BCUT2D eigenvalue weighted by Gasteiger charge is 2.64. The normalized spacial score (nSPS) is 51.7. The molecule has 0 amide bonds. The molecule has 83 heavy (non-hydrogen) atoms. The van der Waals surface area contributed by atoms with E-state index in [1.165, 1.54) is 20.8 Å². The summed E-state index contributed by atoms with van der Waals surface area (Å²) in [5, 5.41) is 146. The van der Waals surface area contributed by atoms with Crippen LogP contribution in [0.5, 0.6) is 0 Å². The molecule has 3 saturated carbocycles. The summed E-state index contributed by atoms with van der Waals surface area (Å²) < 4.78 is 100. The molecule has 4 aliphatic carbocycles. The third kappa shape index (κ3) is 13.0. The highest BCUT2D eigenvalue weighted by Crippen LogP contribution is 2.67. The topological polar surface area (TPSA) is 419 Å². The third-order valence-electron chi connectivity index (χ3n) is 20.4. The Morgan fingerprint density at radius 1 is 0.614 bits per heavy atom. The number of fused-ring (bicyclic) bond motifs is 5. The number of aliphatic hydroxyl groups excluding tert-OH is 12. The van der Waals surface area contributed by atoms with Crippen LogP contribution in [-0.4, -0.2) is 258 Å². The highest BCUT2D eigenvalue weighted by molar-refractivity contribution is 7.80. The molecule has 27 nitrogen and oxygen atoms in total. The lowest BCUT2D eigenvalue weighted by Gasteiger charge is -2.60. The molecule has 33 atom stereocenters. The Morgan fingerprint density at radius 3 is 1.73 bits per heavy atom. The summed E-state index contributed by atoms with van der Waals surface area (Å²) in [6, 6.07) is 0. The lowest BCUT2D eigenvalue weighted by Crippen LogP contribution is -2.66. The van der Waals surface area contributed by atoms with Crippen LogP contribution < -0.4 is 0 Å². The maximum atomic E-state index is 12.4. The molecule has 5 aliphatic heterocycles. The Hall–Kier alpha value is -1.31. The molecular formula is C55H92O27S. The van der Waals surface area contributed by atoms with E-state index in [0.29, 0.717) is 38.0 Å². The van der Waals surface area contributed by atoms with Crippen LogP contribution in [0.3, 0.4) is 0 Å². The Bertz CT molecular complexity index is 2320. The predicted octanol–water partition coefficient (Wildman–Crippen LogP) is -2.25. The van der Waals surface area contributed by atoms with Crippen LogP contribution in [0.1, 0.15) is 113 Å². The maximum Gasteiger partial charge on any atom is 0.397 e. The largest absolute Gasteiger partial charge is 0.397 e. The molecule has 0 unspecified atom stereocenters. The second kappa shape index (κ2) is 25.5. The fourth-order valence-corrected chi connectivity index (χ4v) is 15.9. The maximum absolute atomic E-state index is 12.4. The molecule has 0 bridgehead atoms. The van der Waals surface area contributed by atoms with Gasteiger partial charge >= 0.3 is 10.4 Å². The third-order valence-corrected chi connectivity index (χ3v) is 20.9. The fraction of sp³-hybridized carbons (Fsp3) is 0.964. The van der Waals surface area contributed by atoms with Crippen molar-refractivity contribution in [2.45, 2.75) is 278 Å². The molecule has 8 fully saturated rings. The Kier molecular flexibility index (Phi) is 20.3. The van der Waals surface area contributed by atoms with Gasteiger partial charge in [0.25, 0.3) is 0 Å². The SMILES string of the molecule is CC(C)CC[C@H](O)[C@](C)(O)[C@H]1CC[C@H]2[C@@H]3C[C@H](O[C@@H]4O[C@H](C)[C@@H](O)[C@H](O[C@@H]5OC[C@@H](O[C@@H]6OC[C@@H](O)[C@H](O)[C@H]6O[C@@H]6O[C@H](C)[C@@H](O)[C@H](O)[C@H]6O)[C@H](O)[C@H]5O[C@@H]5O[C@H](C)[C@H](O)[C@H](O)[C@H]5O)[C@H]4O)[C@H]4C[C@@H](OS(=O)(=O)O)CC[C@]4(C)C3=CC[C@]12C. The van der Waals surface area contributed by atoms with Gasteiger partial charge in [0.2, 0.25) is 0 Å². The molecule has 0 aromatic carbocycles. The molecule has 0 aromatic heterocycles. The summed E-state index contributed by atoms with van der Waals surface area (Å²) >= 11 is 0. The number of hydrogen-bond donors (Lipinski definition) is 14. The van der Waals surface area contributed by atoms with E-state index in [4.69, 9.17) is 51.6 Å². The van der Waals surface area contributed by atoms with Crippen LogP contribution in [0.2, 0.25) is 0 Å². The molecular weight excluding hydrogens is 1120 g/mol. The summed E-state index contributed by atoms with van der Waals surface area (Å²) in [6.45, 7) is 13.3. The van der Waals surface area contributed by atoms with Gasteiger partial charge in [0, 0.05) is 0 Å². The number of aliphatic hydroxyl groups is 13. The van der Waals surface area contributed by atoms with Crippen molar-refractivity contribution in [3.05, 3.63) is 11.6 Å². The second-order valence-electron chi connectivity index (χ2n) is 26.3. The van der Waals surface area contributed by atoms with Crippen molar-refractivity contribution in [1.82, 2.24) is 0 Å². The lowest BCUT2D eigenvalue weighted by atomic mass is 9.47. The van der Waals surface area contributed by atoms with Crippen LogP contribution in [0.4, 0.5) is 0 Å². The molecule has 9 aliphatic rings. The minimum atomic E-state index is -4.87. The molecule has 5 saturated heterocycles. The van der Waals surface area contributed by atoms with Gasteiger partial charge in [-0.15, -0.1) is 0 Å². The van der Waals surface area contributed by atoms with Crippen molar-refractivity contribution in [1.29, 1.82) is 0 Å². The minimum absolute atomic E-state index is 0.00555. The molecule has 9 rings (SSSR count). The molecule has 480 valence electrons. The van der Waals surface area contributed by atoms with Crippen LogP contribution in [0.25, 0.3) is 0 Å². The van der Waals surface area contributed by atoms with Crippen molar-refractivity contribution in [2.75, 3.05) is 13.2 Å². The fourth-order valence-electron chi connectivity index (χ4n) is 15.4. The average Bonchev–Trinajstić information content (AvgIpc) is 2.34. The van der Waals surface area contributed by atoms with E-state index < -0.39 is 206 Å².